The minimum absolute atomic E-state index is 0.762. The molecule has 0 aliphatic rings. The molecule has 2 aromatic carbocycles. The molecule has 0 radical (unpaired) electrons. The van der Waals surface area contributed by atoms with E-state index in [9.17, 15) is 0 Å². The van der Waals surface area contributed by atoms with Crippen LogP contribution in [0.1, 0.15) is 11.1 Å². The molecule has 0 fully saturated rings. The number of anilines is 1. The number of aromatic amines is 1. The lowest BCUT2D eigenvalue weighted by Crippen LogP contribution is -1.99. The van der Waals surface area contributed by atoms with E-state index in [-0.39, 0.29) is 0 Å². The average Bonchev–Trinajstić information content (AvgIpc) is 2.85. The van der Waals surface area contributed by atoms with E-state index in [1.165, 1.54) is 16.5 Å². The lowest BCUT2D eigenvalue weighted by atomic mass is 10.1. The first-order valence-electron chi connectivity index (χ1n) is 6.28. The zero-order valence-electron chi connectivity index (χ0n) is 10.7. The number of hydrogen-bond acceptors (Lipinski definition) is 1. The van der Waals surface area contributed by atoms with Crippen molar-refractivity contribution in [2.24, 2.45) is 0 Å². The number of aryl methyl sites for hydroxylation is 1. The van der Waals surface area contributed by atoms with Gasteiger partial charge >= 0.3 is 0 Å². The molecular formula is C16H15ClN2. The number of H-pyrrole nitrogens is 1. The number of halogens is 1. The van der Waals surface area contributed by atoms with Gasteiger partial charge in [0, 0.05) is 18.3 Å². The van der Waals surface area contributed by atoms with Gasteiger partial charge in [-0.2, -0.15) is 0 Å². The van der Waals surface area contributed by atoms with Crippen molar-refractivity contribution in [3.8, 4) is 0 Å². The summed E-state index contributed by atoms with van der Waals surface area (Å²) in [5.41, 5.74) is 4.53. The Kier molecular flexibility index (Phi) is 3.18. The third-order valence-electron chi connectivity index (χ3n) is 3.23. The van der Waals surface area contributed by atoms with Gasteiger partial charge in [-0.3, -0.25) is 0 Å². The molecule has 0 aliphatic carbocycles. The highest BCUT2D eigenvalue weighted by atomic mass is 35.5. The van der Waals surface area contributed by atoms with E-state index in [1.807, 2.05) is 25.3 Å². The highest BCUT2D eigenvalue weighted by molar-refractivity contribution is 6.33. The Bertz CT molecular complexity index is 716. The maximum atomic E-state index is 6.20. The smallest absolute Gasteiger partial charge is 0.0640 e. The fourth-order valence-electron chi connectivity index (χ4n) is 2.17. The predicted octanol–water partition coefficient (Wildman–Crippen LogP) is 4.74. The molecule has 19 heavy (non-hydrogen) atoms. The second kappa shape index (κ2) is 4.98. The predicted molar refractivity (Wildman–Crippen MR) is 81.8 cm³/mol. The fourth-order valence-corrected chi connectivity index (χ4v) is 2.47. The Balaban J connectivity index is 1.77. The molecule has 0 aliphatic heterocycles. The molecule has 0 amide bonds. The van der Waals surface area contributed by atoms with Crippen molar-refractivity contribution in [2.75, 3.05) is 5.32 Å². The van der Waals surface area contributed by atoms with Crippen molar-refractivity contribution in [3.63, 3.8) is 0 Å². The second-order valence-electron chi connectivity index (χ2n) is 4.74. The summed E-state index contributed by atoms with van der Waals surface area (Å²) >= 11 is 6.20. The number of fused-ring (bicyclic) bond motifs is 1. The molecule has 3 rings (SSSR count). The molecule has 0 saturated heterocycles. The summed E-state index contributed by atoms with van der Waals surface area (Å²) in [6.45, 7) is 2.80. The maximum absolute atomic E-state index is 6.20. The highest BCUT2D eigenvalue weighted by Gasteiger charge is 2.01. The first kappa shape index (κ1) is 12.1. The number of aromatic nitrogens is 1. The van der Waals surface area contributed by atoms with E-state index in [0.717, 1.165) is 22.8 Å². The van der Waals surface area contributed by atoms with Crippen molar-refractivity contribution in [1.82, 2.24) is 4.98 Å². The Labute approximate surface area is 117 Å². The van der Waals surface area contributed by atoms with E-state index in [1.54, 1.807) is 0 Å². The van der Waals surface area contributed by atoms with Crippen molar-refractivity contribution in [2.45, 2.75) is 13.5 Å². The first-order valence-corrected chi connectivity index (χ1v) is 6.66. The van der Waals surface area contributed by atoms with E-state index in [2.05, 4.69) is 40.6 Å². The molecule has 0 spiro atoms. The molecule has 96 valence electrons. The van der Waals surface area contributed by atoms with Gasteiger partial charge < -0.3 is 10.3 Å². The summed E-state index contributed by atoms with van der Waals surface area (Å²) in [4.78, 5) is 3.22. The molecule has 1 heterocycles. The Morgan fingerprint density at radius 2 is 2.00 bits per heavy atom. The molecule has 0 unspecified atom stereocenters. The lowest BCUT2D eigenvalue weighted by molar-refractivity contribution is 1.15. The van der Waals surface area contributed by atoms with Crippen LogP contribution in [0.2, 0.25) is 5.02 Å². The first-order chi connectivity index (χ1) is 9.22. The monoisotopic (exact) mass is 270 g/mol. The van der Waals surface area contributed by atoms with Gasteiger partial charge in [0.2, 0.25) is 0 Å². The van der Waals surface area contributed by atoms with Crippen LogP contribution in [0, 0.1) is 6.92 Å². The minimum atomic E-state index is 0.762. The van der Waals surface area contributed by atoms with Crippen molar-refractivity contribution in [3.05, 3.63) is 64.8 Å². The average molecular weight is 271 g/mol. The topological polar surface area (TPSA) is 27.8 Å². The van der Waals surface area contributed by atoms with Crippen LogP contribution < -0.4 is 5.32 Å². The molecule has 1 aromatic heterocycles. The van der Waals surface area contributed by atoms with Crippen LogP contribution in [0.5, 0.6) is 0 Å². The van der Waals surface area contributed by atoms with Gasteiger partial charge in [-0.05, 0) is 47.7 Å². The summed E-state index contributed by atoms with van der Waals surface area (Å²) in [5.74, 6) is 0. The van der Waals surface area contributed by atoms with Gasteiger partial charge in [-0.15, -0.1) is 0 Å². The zero-order valence-corrected chi connectivity index (χ0v) is 11.5. The number of rotatable bonds is 3. The van der Waals surface area contributed by atoms with E-state index in [4.69, 9.17) is 11.6 Å². The molecule has 0 atom stereocenters. The second-order valence-corrected chi connectivity index (χ2v) is 5.14. The van der Waals surface area contributed by atoms with Crippen molar-refractivity contribution in [1.29, 1.82) is 0 Å². The Morgan fingerprint density at radius 3 is 2.84 bits per heavy atom. The molecular weight excluding hydrogens is 256 g/mol. The summed E-state index contributed by atoms with van der Waals surface area (Å²) in [7, 11) is 0. The van der Waals surface area contributed by atoms with Crippen LogP contribution in [0.25, 0.3) is 10.9 Å². The van der Waals surface area contributed by atoms with Gasteiger partial charge in [0.25, 0.3) is 0 Å². The quantitative estimate of drug-likeness (QED) is 0.707. The molecule has 3 aromatic rings. The standard InChI is InChI=1S/C16H15ClN2/c1-11-2-5-15(14(17)8-11)19-10-12-3-4-13-6-7-18-16(13)9-12/h2-9,18-19H,10H2,1H3. The zero-order chi connectivity index (χ0) is 13.2. The third-order valence-corrected chi connectivity index (χ3v) is 3.54. The summed E-state index contributed by atoms with van der Waals surface area (Å²) < 4.78 is 0. The summed E-state index contributed by atoms with van der Waals surface area (Å²) in [6, 6.07) is 14.5. The van der Waals surface area contributed by atoms with Gasteiger partial charge in [0.1, 0.15) is 0 Å². The fraction of sp³-hybridized carbons (Fsp3) is 0.125. The van der Waals surface area contributed by atoms with E-state index in [0.29, 0.717) is 0 Å². The highest BCUT2D eigenvalue weighted by Crippen LogP contribution is 2.23. The van der Waals surface area contributed by atoms with E-state index >= 15 is 0 Å². The Morgan fingerprint density at radius 1 is 1.11 bits per heavy atom. The number of benzene rings is 2. The van der Waals surface area contributed by atoms with Crippen LogP contribution in [-0.4, -0.2) is 4.98 Å². The minimum Gasteiger partial charge on any atom is -0.380 e. The van der Waals surface area contributed by atoms with Crippen LogP contribution >= 0.6 is 11.6 Å². The van der Waals surface area contributed by atoms with Gasteiger partial charge in [0.05, 0.1) is 10.7 Å². The van der Waals surface area contributed by atoms with Crippen LogP contribution in [0.3, 0.4) is 0 Å². The van der Waals surface area contributed by atoms with Crippen LogP contribution in [0.15, 0.2) is 48.7 Å². The van der Waals surface area contributed by atoms with Gasteiger partial charge in [-0.25, -0.2) is 0 Å². The summed E-state index contributed by atoms with van der Waals surface area (Å²) in [5, 5.41) is 5.37. The van der Waals surface area contributed by atoms with E-state index < -0.39 is 0 Å². The summed E-state index contributed by atoms with van der Waals surface area (Å²) in [6.07, 6.45) is 1.96. The molecule has 0 bridgehead atoms. The van der Waals surface area contributed by atoms with Crippen LogP contribution in [-0.2, 0) is 6.54 Å². The molecule has 0 saturated carbocycles. The maximum Gasteiger partial charge on any atom is 0.0640 e. The number of hydrogen-bond donors (Lipinski definition) is 2. The molecule has 2 N–H and O–H groups in total. The molecule has 2 nitrogen and oxygen atoms in total. The van der Waals surface area contributed by atoms with Gasteiger partial charge in [-0.1, -0.05) is 29.8 Å². The van der Waals surface area contributed by atoms with Crippen molar-refractivity contribution >= 4 is 28.2 Å². The Hall–Kier alpha value is -1.93. The third kappa shape index (κ3) is 2.59. The van der Waals surface area contributed by atoms with Crippen LogP contribution in [0.4, 0.5) is 5.69 Å². The largest absolute Gasteiger partial charge is 0.380 e. The number of nitrogens with one attached hydrogen (secondary N) is 2. The SMILES string of the molecule is Cc1ccc(NCc2ccc3cc[nH]c3c2)c(Cl)c1. The molecule has 3 heteroatoms. The van der Waals surface area contributed by atoms with Gasteiger partial charge in [0.15, 0.2) is 0 Å². The normalized spacial score (nSPS) is 10.8. The van der Waals surface area contributed by atoms with Crippen molar-refractivity contribution < 1.29 is 0 Å². The lowest BCUT2D eigenvalue weighted by Gasteiger charge is -2.09.